The molecule has 0 unspecified atom stereocenters. The van der Waals surface area contributed by atoms with E-state index in [9.17, 15) is 0 Å². The molecule has 90 valence electrons. The molecule has 0 spiro atoms. The van der Waals surface area contributed by atoms with E-state index in [1.807, 2.05) is 20.8 Å². The monoisotopic (exact) mass is 266 g/mol. The van der Waals surface area contributed by atoms with Crippen molar-refractivity contribution in [3.05, 3.63) is 0 Å². The molecule has 0 radical (unpaired) electrons. The lowest BCUT2D eigenvalue weighted by Crippen LogP contribution is -2.46. The van der Waals surface area contributed by atoms with Crippen LogP contribution in [0.1, 0.15) is 27.2 Å². The summed E-state index contributed by atoms with van der Waals surface area (Å²) < 4.78 is 16.9. The van der Waals surface area contributed by atoms with Crippen molar-refractivity contribution >= 4 is 43.5 Å². The van der Waals surface area contributed by atoms with Crippen molar-refractivity contribution < 1.29 is 13.3 Å². The van der Waals surface area contributed by atoms with E-state index in [4.69, 9.17) is 24.9 Å². The Bertz CT molecular complexity index is 124. The maximum Gasteiger partial charge on any atom is 0.500 e. The van der Waals surface area contributed by atoms with Crippen LogP contribution in [0.3, 0.4) is 0 Å². The highest BCUT2D eigenvalue weighted by atomic mass is 35.5. The van der Waals surface area contributed by atoms with Crippen molar-refractivity contribution in [2.75, 3.05) is 25.7 Å². The van der Waals surface area contributed by atoms with E-state index in [1.165, 1.54) is 0 Å². The van der Waals surface area contributed by atoms with E-state index in [0.29, 0.717) is 25.7 Å². The minimum atomic E-state index is -2.40. The number of rotatable bonds is 9. The Morgan fingerprint density at radius 3 is 1.60 bits per heavy atom. The molecule has 0 aromatic carbocycles. The molecule has 0 rings (SSSR count). The van der Waals surface area contributed by atoms with Crippen LogP contribution in [0.2, 0.25) is 6.04 Å². The van der Waals surface area contributed by atoms with Gasteiger partial charge in [-0.1, -0.05) is 0 Å². The minimum Gasteiger partial charge on any atom is -0.374 e. The highest BCUT2D eigenvalue weighted by molar-refractivity contribution is 6.60. The van der Waals surface area contributed by atoms with Gasteiger partial charge in [0.1, 0.15) is 0 Å². The first-order valence-electron chi connectivity index (χ1n) is 5.22. The van der Waals surface area contributed by atoms with Gasteiger partial charge < -0.3 is 13.3 Å². The lowest BCUT2D eigenvalue weighted by Gasteiger charge is -2.28. The molecule has 6 heteroatoms. The Labute approximate surface area is 115 Å². The van der Waals surface area contributed by atoms with Gasteiger partial charge >= 0.3 is 31.9 Å². The molecule has 0 amide bonds. The first kappa shape index (κ1) is 18.5. The molecule has 0 aromatic rings. The molecule has 0 saturated carbocycles. The molecule has 0 atom stereocenters. The summed E-state index contributed by atoms with van der Waals surface area (Å²) in [7, 11) is -2.40. The Morgan fingerprint density at radius 1 is 0.933 bits per heavy atom. The van der Waals surface area contributed by atoms with Gasteiger partial charge in [0.15, 0.2) is 0 Å². The molecule has 0 aliphatic heterocycles. The van der Waals surface area contributed by atoms with Gasteiger partial charge in [-0.3, -0.25) is 0 Å². The number of hydrogen-bond acceptors (Lipinski definition) is 3. The fraction of sp³-hybridized carbons (Fsp3) is 1.00. The highest BCUT2D eigenvalue weighted by Gasteiger charge is 2.39. The second-order valence-electron chi connectivity index (χ2n) is 2.77. The molecule has 0 heterocycles. The Hall–Kier alpha value is 1.15. The molecule has 0 N–H and O–H groups in total. The Balaban J connectivity index is 0. The lowest BCUT2D eigenvalue weighted by atomic mass is 10.6. The summed E-state index contributed by atoms with van der Waals surface area (Å²) in [5, 5.41) is 0. The summed E-state index contributed by atoms with van der Waals surface area (Å²) in [6.45, 7) is 7.78. The molecule has 3 nitrogen and oxygen atoms in total. The summed E-state index contributed by atoms with van der Waals surface area (Å²) in [4.78, 5) is 0. The van der Waals surface area contributed by atoms with Gasteiger partial charge in [0.05, 0.1) is 0 Å². The molecule has 0 saturated heterocycles. The van der Waals surface area contributed by atoms with Gasteiger partial charge in [0, 0.05) is 31.7 Å². The topological polar surface area (TPSA) is 27.7 Å². The lowest BCUT2D eigenvalue weighted by molar-refractivity contribution is 0.0712. The SMILES string of the molecule is CCO[Si](CCCCl)(OCC)OCC.[MgH2]. The quantitative estimate of drug-likeness (QED) is 0.470. The van der Waals surface area contributed by atoms with E-state index >= 15 is 0 Å². The third-order valence-electron chi connectivity index (χ3n) is 1.71. The van der Waals surface area contributed by atoms with Crippen molar-refractivity contribution in [1.82, 2.24) is 0 Å². The van der Waals surface area contributed by atoms with E-state index in [2.05, 4.69) is 0 Å². The molecule has 0 aliphatic rings. The van der Waals surface area contributed by atoms with Crippen LogP contribution < -0.4 is 0 Å². The zero-order chi connectivity index (χ0) is 10.9. The van der Waals surface area contributed by atoms with Crippen LogP contribution >= 0.6 is 11.6 Å². The van der Waals surface area contributed by atoms with Gasteiger partial charge in [-0.05, 0) is 27.2 Å². The van der Waals surface area contributed by atoms with E-state index in [1.54, 1.807) is 0 Å². The number of halogens is 1. The van der Waals surface area contributed by atoms with Crippen molar-refractivity contribution in [3.8, 4) is 0 Å². The normalized spacial score (nSPS) is 11.2. The summed E-state index contributed by atoms with van der Waals surface area (Å²) in [5.41, 5.74) is 0. The van der Waals surface area contributed by atoms with Crippen LogP contribution in [0.15, 0.2) is 0 Å². The van der Waals surface area contributed by atoms with Crippen LogP contribution in [0, 0.1) is 0 Å². The smallest absolute Gasteiger partial charge is 0.374 e. The Morgan fingerprint density at radius 2 is 1.33 bits per heavy atom. The summed E-state index contributed by atoms with van der Waals surface area (Å²) in [5.74, 6) is 0.627. The third-order valence-corrected chi connectivity index (χ3v) is 5.13. The Kier molecular flexibility index (Phi) is 14.4. The second-order valence-corrected chi connectivity index (χ2v) is 5.88. The van der Waals surface area contributed by atoms with Crippen molar-refractivity contribution in [2.45, 2.75) is 33.2 Å². The zero-order valence-electron chi connectivity index (χ0n) is 9.35. The third kappa shape index (κ3) is 7.96. The maximum atomic E-state index is 5.66. The van der Waals surface area contributed by atoms with Gasteiger partial charge in [0.25, 0.3) is 0 Å². The maximum absolute atomic E-state index is 5.66. The second kappa shape index (κ2) is 11.6. The molecule has 15 heavy (non-hydrogen) atoms. The fourth-order valence-corrected chi connectivity index (χ4v) is 4.25. The van der Waals surface area contributed by atoms with Crippen LogP contribution in [-0.4, -0.2) is 57.6 Å². The van der Waals surface area contributed by atoms with Crippen molar-refractivity contribution in [2.24, 2.45) is 0 Å². The highest BCUT2D eigenvalue weighted by Crippen LogP contribution is 2.18. The predicted octanol–water partition coefficient (Wildman–Crippen LogP) is 1.75. The molecular weight excluding hydrogens is 244 g/mol. The van der Waals surface area contributed by atoms with Crippen molar-refractivity contribution in [3.63, 3.8) is 0 Å². The molecule has 0 fully saturated rings. The van der Waals surface area contributed by atoms with Crippen LogP contribution in [0.25, 0.3) is 0 Å². The average molecular weight is 267 g/mol. The van der Waals surface area contributed by atoms with Crippen LogP contribution in [0.4, 0.5) is 0 Å². The fourth-order valence-electron chi connectivity index (χ4n) is 1.28. The standard InChI is InChI=1S/C9H21ClO3Si.Mg.2H/c1-4-11-14(12-5-2,13-6-3)9-7-8-10;;;/h4-9H2,1-3H3;;;. The predicted molar refractivity (Wildman–Crippen MR) is 69.3 cm³/mol. The zero-order valence-corrected chi connectivity index (χ0v) is 11.1. The van der Waals surface area contributed by atoms with Crippen LogP contribution in [-0.2, 0) is 13.3 Å². The average Bonchev–Trinajstić information content (AvgIpc) is 2.16. The summed E-state index contributed by atoms with van der Waals surface area (Å²) in [6.07, 6.45) is 0.883. The van der Waals surface area contributed by atoms with Crippen LogP contribution in [0.5, 0.6) is 0 Å². The molecule has 0 aliphatic carbocycles. The number of hydrogen-bond donors (Lipinski definition) is 0. The van der Waals surface area contributed by atoms with E-state index < -0.39 is 8.80 Å². The van der Waals surface area contributed by atoms with E-state index in [-0.39, 0.29) is 23.1 Å². The molecule has 0 bridgehead atoms. The molecule has 0 aromatic heterocycles. The van der Waals surface area contributed by atoms with E-state index in [0.717, 1.165) is 12.5 Å². The summed E-state index contributed by atoms with van der Waals surface area (Å²) >= 11 is 5.66. The first-order valence-corrected chi connectivity index (χ1v) is 7.69. The number of alkyl halides is 1. The van der Waals surface area contributed by atoms with Gasteiger partial charge in [0.2, 0.25) is 0 Å². The van der Waals surface area contributed by atoms with Gasteiger partial charge in [-0.15, -0.1) is 11.6 Å². The molecular formula is C9H23ClMgO3Si. The van der Waals surface area contributed by atoms with Gasteiger partial charge in [-0.25, -0.2) is 0 Å². The minimum absolute atomic E-state index is 0. The van der Waals surface area contributed by atoms with Gasteiger partial charge in [-0.2, -0.15) is 0 Å². The first-order chi connectivity index (χ1) is 6.74. The summed E-state index contributed by atoms with van der Waals surface area (Å²) in [6, 6.07) is 0.812. The van der Waals surface area contributed by atoms with Crippen molar-refractivity contribution in [1.29, 1.82) is 0 Å². The largest absolute Gasteiger partial charge is 0.500 e.